The van der Waals surface area contributed by atoms with Crippen LogP contribution >= 0.6 is 0 Å². The van der Waals surface area contributed by atoms with Crippen molar-refractivity contribution in [3.8, 4) is 0 Å². The summed E-state index contributed by atoms with van der Waals surface area (Å²) in [6.45, 7) is 9.49. The molecule has 1 N–H and O–H groups in total. The van der Waals surface area contributed by atoms with Gasteiger partial charge in [-0.15, -0.1) is 0 Å². The minimum atomic E-state index is 0.305. The van der Waals surface area contributed by atoms with Gasteiger partial charge in [-0.3, -0.25) is 0 Å². The number of ether oxygens (including phenoxy) is 1. The zero-order valence-corrected chi connectivity index (χ0v) is 12.2. The molecule has 0 radical (unpaired) electrons. The molecule has 0 aliphatic rings. The first-order valence-corrected chi connectivity index (χ1v) is 6.53. The lowest BCUT2D eigenvalue weighted by Crippen LogP contribution is -2.25. The number of likely N-dealkylation sites (N-methyl/N-ethyl adjacent to an activating group) is 1. The molecule has 104 valence electrons. The third-order valence-corrected chi connectivity index (χ3v) is 2.93. The molecule has 1 heterocycles. The van der Waals surface area contributed by atoms with Gasteiger partial charge in [0.05, 0.1) is 13.2 Å². The van der Waals surface area contributed by atoms with Gasteiger partial charge in [-0.05, 0) is 40.9 Å². The Morgan fingerprint density at radius 1 is 1.33 bits per heavy atom. The van der Waals surface area contributed by atoms with Crippen LogP contribution in [0.5, 0.6) is 0 Å². The van der Waals surface area contributed by atoms with Crippen molar-refractivity contribution in [2.75, 3.05) is 40.4 Å². The van der Waals surface area contributed by atoms with Gasteiger partial charge in [-0.2, -0.15) is 0 Å². The van der Waals surface area contributed by atoms with Crippen LogP contribution < -0.4 is 5.32 Å². The predicted octanol–water partition coefficient (Wildman–Crippen LogP) is 2.13. The van der Waals surface area contributed by atoms with Crippen LogP contribution in [0, 0.1) is 13.8 Å². The molecule has 1 rings (SSSR count). The van der Waals surface area contributed by atoms with Crippen molar-refractivity contribution in [3.63, 3.8) is 0 Å². The summed E-state index contributed by atoms with van der Waals surface area (Å²) in [5, 5.41) is 3.44. The van der Waals surface area contributed by atoms with Crippen molar-refractivity contribution in [3.05, 3.63) is 23.2 Å². The van der Waals surface area contributed by atoms with Crippen molar-refractivity contribution in [2.45, 2.75) is 26.8 Å². The molecule has 1 unspecified atom stereocenters. The smallest absolute Gasteiger partial charge is 0.105 e. The van der Waals surface area contributed by atoms with Gasteiger partial charge < -0.3 is 19.4 Å². The van der Waals surface area contributed by atoms with Crippen molar-refractivity contribution in [1.29, 1.82) is 0 Å². The Kier molecular flexibility index (Phi) is 6.39. The Bertz CT molecular complexity index is 348. The molecule has 0 bridgehead atoms. The molecule has 1 aromatic rings. The highest BCUT2D eigenvalue weighted by Crippen LogP contribution is 2.20. The van der Waals surface area contributed by atoms with Gasteiger partial charge in [0.15, 0.2) is 0 Å². The van der Waals surface area contributed by atoms with E-state index < -0.39 is 0 Å². The van der Waals surface area contributed by atoms with Crippen LogP contribution in [0.3, 0.4) is 0 Å². The zero-order chi connectivity index (χ0) is 13.5. The molecular weight excluding hydrogens is 228 g/mol. The number of aryl methyl sites for hydroxylation is 2. The minimum Gasteiger partial charge on any atom is -0.466 e. The molecule has 1 aromatic heterocycles. The summed E-state index contributed by atoms with van der Waals surface area (Å²) in [6.07, 6.45) is 0. The Labute approximate surface area is 110 Å². The van der Waals surface area contributed by atoms with E-state index in [0.717, 1.165) is 37.8 Å². The first kappa shape index (κ1) is 15.2. The number of furan rings is 1. The second-order valence-electron chi connectivity index (χ2n) is 4.96. The first-order valence-electron chi connectivity index (χ1n) is 6.53. The van der Waals surface area contributed by atoms with Gasteiger partial charge in [0.2, 0.25) is 0 Å². The van der Waals surface area contributed by atoms with Gasteiger partial charge in [0.1, 0.15) is 11.5 Å². The largest absolute Gasteiger partial charge is 0.466 e. The zero-order valence-electron chi connectivity index (χ0n) is 12.2. The molecule has 4 heteroatoms. The van der Waals surface area contributed by atoms with E-state index in [4.69, 9.17) is 9.15 Å². The topological polar surface area (TPSA) is 37.6 Å². The highest BCUT2D eigenvalue weighted by atomic mass is 16.5. The molecule has 0 aliphatic heterocycles. The van der Waals surface area contributed by atoms with Crippen LogP contribution in [0.25, 0.3) is 0 Å². The van der Waals surface area contributed by atoms with Gasteiger partial charge in [0, 0.05) is 24.7 Å². The van der Waals surface area contributed by atoms with E-state index in [1.807, 2.05) is 27.9 Å². The van der Waals surface area contributed by atoms with Crippen molar-refractivity contribution in [2.24, 2.45) is 0 Å². The molecule has 18 heavy (non-hydrogen) atoms. The summed E-state index contributed by atoms with van der Waals surface area (Å²) < 4.78 is 11.1. The maximum absolute atomic E-state index is 5.54. The number of hydrogen-bond donors (Lipinski definition) is 1. The van der Waals surface area contributed by atoms with Gasteiger partial charge in [-0.25, -0.2) is 0 Å². The fourth-order valence-corrected chi connectivity index (χ4v) is 1.89. The quantitative estimate of drug-likeness (QED) is 0.721. The summed E-state index contributed by atoms with van der Waals surface area (Å²) in [7, 11) is 4.10. The third-order valence-electron chi connectivity index (χ3n) is 2.93. The summed E-state index contributed by atoms with van der Waals surface area (Å²) >= 11 is 0. The van der Waals surface area contributed by atoms with E-state index in [1.165, 1.54) is 5.56 Å². The summed E-state index contributed by atoms with van der Waals surface area (Å²) in [4.78, 5) is 2.12. The Balaban J connectivity index is 2.17. The van der Waals surface area contributed by atoms with E-state index in [2.05, 4.69) is 23.2 Å². The van der Waals surface area contributed by atoms with Crippen LogP contribution in [0.2, 0.25) is 0 Å². The number of rotatable bonds is 8. The van der Waals surface area contributed by atoms with Gasteiger partial charge in [0.25, 0.3) is 0 Å². The normalized spacial score (nSPS) is 13.2. The summed E-state index contributed by atoms with van der Waals surface area (Å²) in [5.41, 5.74) is 1.24. The Morgan fingerprint density at radius 3 is 2.61 bits per heavy atom. The standard InChI is InChI=1S/C14H26N2O2/c1-11-10-14(13(3)18-11)12(2)15-6-8-17-9-7-16(4)5/h10,12,15H,6-9H2,1-5H3. The molecular formula is C14H26N2O2. The fourth-order valence-electron chi connectivity index (χ4n) is 1.89. The predicted molar refractivity (Wildman–Crippen MR) is 74.0 cm³/mol. The number of hydrogen-bond acceptors (Lipinski definition) is 4. The van der Waals surface area contributed by atoms with Crippen LogP contribution in [0.4, 0.5) is 0 Å². The maximum Gasteiger partial charge on any atom is 0.105 e. The van der Waals surface area contributed by atoms with Crippen molar-refractivity contribution in [1.82, 2.24) is 10.2 Å². The van der Waals surface area contributed by atoms with Crippen LogP contribution in [-0.4, -0.2) is 45.3 Å². The van der Waals surface area contributed by atoms with Gasteiger partial charge >= 0.3 is 0 Å². The van der Waals surface area contributed by atoms with Crippen molar-refractivity contribution >= 4 is 0 Å². The third kappa shape index (κ3) is 5.21. The molecule has 0 spiro atoms. The van der Waals surface area contributed by atoms with Gasteiger partial charge in [-0.1, -0.05) is 0 Å². The number of nitrogens with one attached hydrogen (secondary N) is 1. The fraction of sp³-hybridized carbons (Fsp3) is 0.714. The van der Waals surface area contributed by atoms with Crippen LogP contribution in [-0.2, 0) is 4.74 Å². The average Bonchev–Trinajstić information content (AvgIpc) is 2.62. The first-order chi connectivity index (χ1) is 8.50. The van der Waals surface area contributed by atoms with Crippen LogP contribution in [0.15, 0.2) is 10.5 Å². The molecule has 0 fully saturated rings. The molecule has 0 saturated heterocycles. The van der Waals surface area contributed by atoms with Crippen molar-refractivity contribution < 1.29 is 9.15 Å². The summed E-state index contributed by atoms with van der Waals surface area (Å²) in [6, 6.07) is 2.40. The second-order valence-corrected chi connectivity index (χ2v) is 4.96. The lowest BCUT2D eigenvalue weighted by Gasteiger charge is -2.14. The molecule has 0 saturated carbocycles. The van der Waals surface area contributed by atoms with E-state index in [1.54, 1.807) is 0 Å². The maximum atomic E-state index is 5.54. The lowest BCUT2D eigenvalue weighted by molar-refractivity contribution is 0.118. The highest BCUT2D eigenvalue weighted by molar-refractivity contribution is 5.23. The monoisotopic (exact) mass is 254 g/mol. The van der Waals surface area contributed by atoms with Crippen LogP contribution in [0.1, 0.15) is 30.0 Å². The lowest BCUT2D eigenvalue weighted by atomic mass is 10.1. The molecule has 1 atom stereocenters. The molecule has 0 amide bonds. The molecule has 0 aromatic carbocycles. The number of nitrogens with zero attached hydrogens (tertiary/aromatic N) is 1. The Hall–Kier alpha value is -0.840. The Morgan fingerprint density at radius 2 is 2.06 bits per heavy atom. The molecule has 4 nitrogen and oxygen atoms in total. The SMILES string of the molecule is Cc1cc(C(C)NCCOCCN(C)C)c(C)o1. The minimum absolute atomic E-state index is 0.305. The van der Waals surface area contributed by atoms with E-state index in [0.29, 0.717) is 6.04 Å². The molecule has 0 aliphatic carbocycles. The highest BCUT2D eigenvalue weighted by Gasteiger charge is 2.11. The van der Waals surface area contributed by atoms with E-state index >= 15 is 0 Å². The summed E-state index contributed by atoms with van der Waals surface area (Å²) in [5.74, 6) is 1.97. The second kappa shape index (κ2) is 7.56. The average molecular weight is 254 g/mol. The van der Waals surface area contributed by atoms with E-state index in [9.17, 15) is 0 Å². The van der Waals surface area contributed by atoms with E-state index in [-0.39, 0.29) is 0 Å².